The van der Waals surface area contributed by atoms with Crippen LogP contribution < -0.4 is 10.6 Å². The van der Waals surface area contributed by atoms with Crippen LogP contribution in [-0.2, 0) is 4.74 Å². The second-order valence-corrected chi connectivity index (χ2v) is 4.83. The van der Waals surface area contributed by atoms with Gasteiger partial charge in [-0.3, -0.25) is 5.32 Å². The average molecular weight is 336 g/mol. The van der Waals surface area contributed by atoms with Crippen molar-refractivity contribution >= 4 is 39.2 Å². The maximum atomic E-state index is 11.2. The Labute approximate surface area is 125 Å². The molecule has 2 rings (SSSR count). The van der Waals surface area contributed by atoms with Gasteiger partial charge in [0, 0.05) is 10.2 Å². The Bertz CT molecular complexity index is 587. The summed E-state index contributed by atoms with van der Waals surface area (Å²) in [4.78, 5) is 15.5. The normalized spacial score (nSPS) is 9.90. The van der Waals surface area contributed by atoms with E-state index in [4.69, 9.17) is 4.74 Å². The molecule has 104 valence electrons. The molecule has 1 aromatic carbocycles. The van der Waals surface area contributed by atoms with Gasteiger partial charge < -0.3 is 10.1 Å². The minimum Gasteiger partial charge on any atom is -0.450 e. The van der Waals surface area contributed by atoms with Gasteiger partial charge >= 0.3 is 6.09 Å². The molecule has 0 saturated carbocycles. The zero-order valence-electron chi connectivity index (χ0n) is 10.9. The number of halogens is 1. The average Bonchev–Trinajstić information content (AvgIpc) is 2.41. The molecule has 1 heterocycles. The van der Waals surface area contributed by atoms with E-state index in [1.165, 1.54) is 0 Å². The summed E-state index contributed by atoms with van der Waals surface area (Å²) >= 11 is 3.41. The minimum absolute atomic E-state index is 0.335. The largest absolute Gasteiger partial charge is 0.450 e. The smallest absolute Gasteiger partial charge is 0.411 e. The second kappa shape index (κ2) is 6.91. The molecule has 1 amide bonds. The fourth-order valence-corrected chi connectivity index (χ4v) is 1.94. The van der Waals surface area contributed by atoms with Crippen LogP contribution in [-0.4, -0.2) is 17.7 Å². The van der Waals surface area contributed by atoms with Gasteiger partial charge in [-0.1, -0.05) is 22.0 Å². The third-order valence-electron chi connectivity index (χ3n) is 2.38. The number of hydrogen-bond acceptors (Lipinski definition) is 4. The summed E-state index contributed by atoms with van der Waals surface area (Å²) in [5.41, 5.74) is 1.52. The fraction of sp³-hybridized carbons (Fsp3) is 0.143. The highest BCUT2D eigenvalue weighted by atomic mass is 79.9. The van der Waals surface area contributed by atoms with Crippen molar-refractivity contribution in [2.24, 2.45) is 0 Å². The predicted molar refractivity (Wildman–Crippen MR) is 82.3 cm³/mol. The Morgan fingerprint density at radius 3 is 2.80 bits per heavy atom. The highest BCUT2D eigenvalue weighted by molar-refractivity contribution is 9.10. The van der Waals surface area contributed by atoms with Gasteiger partial charge in [0.25, 0.3) is 0 Å². The Morgan fingerprint density at radius 1 is 1.30 bits per heavy atom. The number of aromatic nitrogens is 1. The van der Waals surface area contributed by atoms with Gasteiger partial charge in [-0.05, 0) is 37.3 Å². The molecule has 0 unspecified atom stereocenters. The first kappa shape index (κ1) is 14.3. The number of anilines is 3. The molecule has 0 atom stereocenters. The van der Waals surface area contributed by atoms with Crippen molar-refractivity contribution in [2.75, 3.05) is 17.2 Å². The van der Waals surface area contributed by atoms with E-state index >= 15 is 0 Å². The van der Waals surface area contributed by atoms with Crippen LogP contribution in [0.3, 0.4) is 0 Å². The van der Waals surface area contributed by atoms with Crippen molar-refractivity contribution < 1.29 is 9.53 Å². The van der Waals surface area contributed by atoms with E-state index in [1.807, 2.05) is 24.3 Å². The van der Waals surface area contributed by atoms with Crippen molar-refractivity contribution in [1.29, 1.82) is 0 Å². The van der Waals surface area contributed by atoms with Crippen LogP contribution in [0.4, 0.5) is 22.0 Å². The summed E-state index contributed by atoms with van der Waals surface area (Å²) in [5.74, 6) is 0.692. The lowest BCUT2D eigenvalue weighted by Gasteiger charge is -2.08. The number of amides is 1. The van der Waals surface area contributed by atoms with Crippen LogP contribution in [0.1, 0.15) is 6.92 Å². The van der Waals surface area contributed by atoms with Crippen molar-refractivity contribution in [1.82, 2.24) is 4.98 Å². The molecule has 5 nitrogen and oxygen atoms in total. The number of nitrogens with zero attached hydrogens (tertiary/aromatic N) is 1. The van der Waals surface area contributed by atoms with Crippen molar-refractivity contribution in [2.45, 2.75) is 6.92 Å². The first-order valence-electron chi connectivity index (χ1n) is 6.10. The molecule has 0 radical (unpaired) electrons. The molecule has 0 saturated heterocycles. The lowest BCUT2D eigenvalue weighted by Crippen LogP contribution is -2.13. The molecule has 0 fully saturated rings. The molecule has 20 heavy (non-hydrogen) atoms. The summed E-state index contributed by atoms with van der Waals surface area (Å²) in [7, 11) is 0. The number of carbonyl (C=O) groups is 1. The number of benzene rings is 1. The monoisotopic (exact) mass is 335 g/mol. The highest BCUT2D eigenvalue weighted by Gasteiger charge is 2.02. The second-order valence-electron chi connectivity index (χ2n) is 3.91. The van der Waals surface area contributed by atoms with Crippen LogP contribution in [0.5, 0.6) is 0 Å². The van der Waals surface area contributed by atoms with Gasteiger partial charge in [0.1, 0.15) is 5.82 Å². The van der Waals surface area contributed by atoms with Crippen LogP contribution in [0.2, 0.25) is 0 Å². The van der Waals surface area contributed by atoms with Crippen molar-refractivity contribution in [3.63, 3.8) is 0 Å². The highest BCUT2D eigenvalue weighted by Crippen LogP contribution is 2.20. The Hall–Kier alpha value is -2.08. The number of nitrogens with one attached hydrogen (secondary N) is 2. The maximum absolute atomic E-state index is 11.2. The summed E-state index contributed by atoms with van der Waals surface area (Å²) in [5, 5.41) is 5.75. The molecule has 6 heteroatoms. The third kappa shape index (κ3) is 4.24. The first-order valence-corrected chi connectivity index (χ1v) is 6.89. The van der Waals surface area contributed by atoms with Gasteiger partial charge in [-0.2, -0.15) is 0 Å². The molecular weight excluding hydrogens is 322 g/mol. The fourth-order valence-electron chi connectivity index (χ4n) is 1.54. The van der Waals surface area contributed by atoms with Crippen LogP contribution in [0.15, 0.2) is 47.1 Å². The summed E-state index contributed by atoms with van der Waals surface area (Å²) in [6.07, 6.45) is 1.08. The van der Waals surface area contributed by atoms with Gasteiger partial charge in [-0.15, -0.1) is 0 Å². The van der Waals surface area contributed by atoms with Gasteiger partial charge in [-0.25, -0.2) is 9.78 Å². The predicted octanol–water partition coefficient (Wildman–Crippen LogP) is 4.16. The molecule has 2 aromatic rings. The van der Waals surface area contributed by atoms with E-state index in [-0.39, 0.29) is 0 Å². The molecule has 0 aliphatic carbocycles. The lowest BCUT2D eigenvalue weighted by molar-refractivity contribution is 0.168. The van der Waals surface area contributed by atoms with Crippen molar-refractivity contribution in [3.8, 4) is 0 Å². The van der Waals surface area contributed by atoms with Crippen LogP contribution in [0.25, 0.3) is 0 Å². The van der Waals surface area contributed by atoms with Crippen LogP contribution >= 0.6 is 15.9 Å². The molecule has 0 aliphatic rings. The van der Waals surface area contributed by atoms with E-state index in [1.54, 1.807) is 25.3 Å². The van der Waals surface area contributed by atoms with Gasteiger partial charge in [0.05, 0.1) is 18.5 Å². The number of pyridine rings is 1. The third-order valence-corrected chi connectivity index (χ3v) is 2.88. The van der Waals surface area contributed by atoms with E-state index in [0.717, 1.165) is 10.2 Å². The lowest BCUT2D eigenvalue weighted by atomic mass is 10.3. The Balaban J connectivity index is 1.99. The first-order chi connectivity index (χ1) is 9.67. The molecule has 0 bridgehead atoms. The number of carbonyl (C=O) groups excluding carboxylic acids is 1. The number of hydrogen-bond donors (Lipinski definition) is 2. The Kier molecular flexibility index (Phi) is 4.95. The van der Waals surface area contributed by atoms with E-state index < -0.39 is 6.09 Å². The summed E-state index contributed by atoms with van der Waals surface area (Å²) < 4.78 is 5.78. The van der Waals surface area contributed by atoms with E-state index in [9.17, 15) is 4.79 Å². The summed E-state index contributed by atoms with van der Waals surface area (Å²) in [6.45, 7) is 2.09. The zero-order valence-corrected chi connectivity index (χ0v) is 12.5. The number of rotatable bonds is 4. The number of ether oxygens (including phenoxy) is 1. The zero-order chi connectivity index (χ0) is 14.4. The van der Waals surface area contributed by atoms with Gasteiger partial charge in [0.2, 0.25) is 0 Å². The molecular formula is C14H14BrN3O2. The van der Waals surface area contributed by atoms with Gasteiger partial charge in [0.15, 0.2) is 0 Å². The molecule has 1 aromatic heterocycles. The Morgan fingerprint density at radius 2 is 2.15 bits per heavy atom. The molecule has 0 aliphatic heterocycles. The van der Waals surface area contributed by atoms with E-state index in [2.05, 4.69) is 31.5 Å². The standard InChI is InChI=1S/C14H14BrN3O2/c1-2-20-14(19)18-12-6-7-13(16-9-12)17-11-5-3-4-10(15)8-11/h3-9H,2H2,1H3,(H,16,17)(H,18,19). The summed E-state index contributed by atoms with van der Waals surface area (Å²) in [6, 6.07) is 11.3. The quantitative estimate of drug-likeness (QED) is 0.880. The van der Waals surface area contributed by atoms with Crippen molar-refractivity contribution in [3.05, 3.63) is 47.1 Å². The molecule has 2 N–H and O–H groups in total. The SMILES string of the molecule is CCOC(=O)Nc1ccc(Nc2cccc(Br)c2)nc1. The molecule has 0 spiro atoms. The maximum Gasteiger partial charge on any atom is 0.411 e. The van der Waals surface area contributed by atoms with E-state index in [0.29, 0.717) is 18.1 Å². The minimum atomic E-state index is -0.484. The van der Waals surface area contributed by atoms with Crippen LogP contribution in [0, 0.1) is 0 Å². The topological polar surface area (TPSA) is 63.2 Å².